The van der Waals surface area contributed by atoms with Gasteiger partial charge in [0.05, 0.1) is 6.61 Å². The monoisotopic (exact) mass is 278 g/mol. The van der Waals surface area contributed by atoms with Crippen molar-refractivity contribution in [1.82, 2.24) is 10.2 Å². The topological polar surface area (TPSA) is 24.5 Å². The molecule has 0 aliphatic heterocycles. The Kier molecular flexibility index (Phi) is 7.82. The van der Waals surface area contributed by atoms with Gasteiger partial charge in [0, 0.05) is 32.8 Å². The zero-order chi connectivity index (χ0) is 15.0. The quantitative estimate of drug-likeness (QED) is 0.751. The van der Waals surface area contributed by atoms with E-state index in [1.54, 1.807) is 7.11 Å². The number of hydrogen-bond acceptors (Lipinski definition) is 3. The Hall–Kier alpha value is -0.900. The number of benzene rings is 1. The van der Waals surface area contributed by atoms with E-state index in [0.29, 0.717) is 12.0 Å². The normalized spacial score (nSPS) is 13.2. The molecule has 0 spiro atoms. The van der Waals surface area contributed by atoms with Crippen molar-refractivity contribution in [3.63, 3.8) is 0 Å². The Morgan fingerprint density at radius 3 is 2.20 bits per heavy atom. The minimum absolute atomic E-state index is 0.395. The lowest BCUT2D eigenvalue weighted by atomic mass is 10.00. The van der Waals surface area contributed by atoms with Crippen molar-refractivity contribution in [2.24, 2.45) is 0 Å². The first-order chi connectivity index (χ1) is 9.54. The molecule has 1 N–H and O–H groups in total. The van der Waals surface area contributed by atoms with Gasteiger partial charge in [-0.1, -0.05) is 38.1 Å². The summed E-state index contributed by atoms with van der Waals surface area (Å²) in [6.45, 7) is 10.5. The molecule has 3 heteroatoms. The molecular formula is C17H30N2O. The van der Waals surface area contributed by atoms with E-state index in [4.69, 9.17) is 4.74 Å². The molecule has 114 valence electrons. The Bertz CT molecular complexity index is 362. The van der Waals surface area contributed by atoms with Crippen LogP contribution >= 0.6 is 0 Å². The Balaban J connectivity index is 2.33. The van der Waals surface area contributed by atoms with Gasteiger partial charge in [0.15, 0.2) is 0 Å². The first kappa shape index (κ1) is 17.2. The van der Waals surface area contributed by atoms with Gasteiger partial charge in [0.25, 0.3) is 0 Å². The van der Waals surface area contributed by atoms with Crippen molar-refractivity contribution in [2.45, 2.75) is 32.7 Å². The highest BCUT2D eigenvalue weighted by atomic mass is 16.5. The van der Waals surface area contributed by atoms with E-state index >= 15 is 0 Å². The van der Waals surface area contributed by atoms with Gasteiger partial charge in [-0.15, -0.1) is 0 Å². The van der Waals surface area contributed by atoms with Crippen LogP contribution in [0.25, 0.3) is 0 Å². The van der Waals surface area contributed by atoms with Crippen molar-refractivity contribution in [3.8, 4) is 0 Å². The molecule has 0 radical (unpaired) electrons. The molecule has 0 heterocycles. The van der Waals surface area contributed by atoms with Crippen LogP contribution in [0.4, 0.5) is 0 Å². The molecule has 0 aliphatic carbocycles. The summed E-state index contributed by atoms with van der Waals surface area (Å²) in [5, 5.41) is 3.57. The number of ether oxygens (including phenoxy) is 1. The maximum Gasteiger partial charge on any atom is 0.0589 e. The first-order valence-electron chi connectivity index (χ1n) is 7.55. The molecule has 1 atom stereocenters. The largest absolute Gasteiger partial charge is 0.383 e. The fraction of sp³-hybridized carbons (Fsp3) is 0.647. The van der Waals surface area contributed by atoms with Gasteiger partial charge in [0.1, 0.15) is 0 Å². The second kappa shape index (κ2) is 9.11. The molecule has 0 bridgehead atoms. The third kappa shape index (κ3) is 6.04. The second-order valence-electron chi connectivity index (χ2n) is 5.79. The molecular weight excluding hydrogens is 248 g/mol. The van der Waals surface area contributed by atoms with Gasteiger partial charge in [-0.3, -0.25) is 0 Å². The van der Waals surface area contributed by atoms with Crippen molar-refractivity contribution in [3.05, 3.63) is 35.4 Å². The number of nitrogens with one attached hydrogen (secondary N) is 1. The van der Waals surface area contributed by atoms with E-state index in [0.717, 1.165) is 26.2 Å². The molecule has 0 aromatic heterocycles. The molecule has 1 aromatic rings. The zero-order valence-electron chi connectivity index (χ0n) is 13.6. The number of methoxy groups -OCH3 is 1. The predicted molar refractivity (Wildman–Crippen MR) is 86.3 cm³/mol. The number of hydrogen-bond donors (Lipinski definition) is 1. The van der Waals surface area contributed by atoms with E-state index in [-0.39, 0.29) is 0 Å². The van der Waals surface area contributed by atoms with Crippen molar-refractivity contribution in [2.75, 3.05) is 40.4 Å². The van der Waals surface area contributed by atoms with E-state index in [1.807, 2.05) is 0 Å². The summed E-state index contributed by atoms with van der Waals surface area (Å²) in [7, 11) is 3.87. The van der Waals surface area contributed by atoms with Gasteiger partial charge in [-0.2, -0.15) is 0 Å². The summed E-state index contributed by atoms with van der Waals surface area (Å²) in [4.78, 5) is 2.28. The highest BCUT2D eigenvalue weighted by Crippen LogP contribution is 2.18. The summed E-state index contributed by atoms with van der Waals surface area (Å²) in [6.07, 6.45) is 0. The van der Waals surface area contributed by atoms with Gasteiger partial charge in [-0.25, -0.2) is 0 Å². The molecule has 0 aliphatic rings. The average Bonchev–Trinajstić information content (AvgIpc) is 2.45. The fourth-order valence-corrected chi connectivity index (χ4v) is 2.12. The van der Waals surface area contributed by atoms with Gasteiger partial charge >= 0.3 is 0 Å². The lowest BCUT2D eigenvalue weighted by molar-refractivity contribution is 0.161. The predicted octanol–water partition coefficient (Wildman–Crippen LogP) is 3.04. The maximum absolute atomic E-state index is 5.08. The minimum atomic E-state index is 0.395. The Morgan fingerprint density at radius 2 is 1.65 bits per heavy atom. The second-order valence-corrected chi connectivity index (χ2v) is 5.79. The van der Waals surface area contributed by atoms with Crippen LogP contribution in [0.3, 0.4) is 0 Å². The van der Waals surface area contributed by atoms with Crippen LogP contribution in [0.15, 0.2) is 24.3 Å². The molecule has 0 saturated heterocycles. The molecule has 0 amide bonds. The van der Waals surface area contributed by atoms with E-state index in [1.165, 1.54) is 11.1 Å². The summed E-state index contributed by atoms with van der Waals surface area (Å²) >= 11 is 0. The van der Waals surface area contributed by atoms with Crippen LogP contribution in [0.1, 0.15) is 43.9 Å². The number of likely N-dealkylation sites (N-methyl/N-ethyl adjacent to an activating group) is 1. The van der Waals surface area contributed by atoms with Gasteiger partial charge in [0.2, 0.25) is 0 Å². The third-order valence-electron chi connectivity index (χ3n) is 3.72. The molecule has 1 unspecified atom stereocenters. The van der Waals surface area contributed by atoms with E-state index < -0.39 is 0 Å². The summed E-state index contributed by atoms with van der Waals surface area (Å²) in [6, 6.07) is 9.35. The van der Waals surface area contributed by atoms with Crippen LogP contribution < -0.4 is 5.32 Å². The van der Waals surface area contributed by atoms with Crippen LogP contribution in [0.2, 0.25) is 0 Å². The Morgan fingerprint density at radius 1 is 1.05 bits per heavy atom. The lowest BCUT2D eigenvalue weighted by Gasteiger charge is -2.19. The van der Waals surface area contributed by atoms with Crippen molar-refractivity contribution in [1.29, 1.82) is 0 Å². The van der Waals surface area contributed by atoms with Crippen molar-refractivity contribution >= 4 is 0 Å². The van der Waals surface area contributed by atoms with Crippen LogP contribution in [0.5, 0.6) is 0 Å². The van der Waals surface area contributed by atoms with E-state index in [2.05, 4.69) is 62.3 Å². The molecule has 20 heavy (non-hydrogen) atoms. The first-order valence-corrected chi connectivity index (χ1v) is 7.55. The van der Waals surface area contributed by atoms with Crippen LogP contribution in [0, 0.1) is 0 Å². The minimum Gasteiger partial charge on any atom is -0.383 e. The van der Waals surface area contributed by atoms with Gasteiger partial charge < -0.3 is 15.0 Å². The highest BCUT2D eigenvalue weighted by Gasteiger charge is 2.06. The smallest absolute Gasteiger partial charge is 0.0589 e. The summed E-state index contributed by atoms with van der Waals surface area (Å²) in [5.41, 5.74) is 2.76. The molecule has 1 aromatic carbocycles. The third-order valence-corrected chi connectivity index (χ3v) is 3.72. The maximum atomic E-state index is 5.08. The Labute approximate surface area is 124 Å². The lowest BCUT2D eigenvalue weighted by Crippen LogP contribution is -2.32. The molecule has 1 rings (SSSR count). The summed E-state index contributed by atoms with van der Waals surface area (Å²) < 4.78 is 5.08. The van der Waals surface area contributed by atoms with Crippen LogP contribution in [-0.2, 0) is 4.74 Å². The average molecular weight is 278 g/mol. The highest BCUT2D eigenvalue weighted by molar-refractivity contribution is 5.26. The molecule has 0 fully saturated rings. The standard InChI is InChI=1S/C17H30N2O/c1-14(2)16-6-8-17(9-7-16)15(3)18-10-11-19(4)12-13-20-5/h6-9,14-15,18H,10-13H2,1-5H3. The van der Waals surface area contributed by atoms with Crippen molar-refractivity contribution < 1.29 is 4.74 Å². The number of nitrogens with zero attached hydrogens (tertiary/aromatic N) is 1. The molecule has 0 saturated carbocycles. The zero-order valence-corrected chi connectivity index (χ0v) is 13.6. The SMILES string of the molecule is COCCN(C)CCNC(C)c1ccc(C(C)C)cc1. The van der Waals surface area contributed by atoms with Gasteiger partial charge in [-0.05, 0) is 31.0 Å². The number of rotatable bonds is 9. The van der Waals surface area contributed by atoms with Crippen LogP contribution in [-0.4, -0.2) is 45.3 Å². The summed E-state index contributed by atoms with van der Waals surface area (Å²) in [5.74, 6) is 0.599. The van der Waals surface area contributed by atoms with E-state index in [9.17, 15) is 0 Å². The fourth-order valence-electron chi connectivity index (χ4n) is 2.12. The molecule has 3 nitrogen and oxygen atoms in total.